The number of nitrogens with zero attached hydrogens (tertiary/aromatic N) is 2. The number of aryl methyl sites for hydroxylation is 1. The number of hydrogen-bond donors (Lipinski definition) is 1. The minimum atomic E-state index is -0.230. The van der Waals surface area contributed by atoms with Crippen molar-refractivity contribution in [2.24, 2.45) is 5.92 Å². The van der Waals surface area contributed by atoms with Crippen LogP contribution in [0.15, 0.2) is 18.2 Å². The third-order valence-electron chi connectivity index (χ3n) is 5.36. The Hall–Kier alpha value is -2.08. The Kier molecular flexibility index (Phi) is 4.37. The second-order valence-electron chi connectivity index (χ2n) is 7.27. The quantitative estimate of drug-likeness (QED) is 0.905. The number of anilines is 2. The summed E-state index contributed by atoms with van der Waals surface area (Å²) >= 11 is 0. The molecule has 0 unspecified atom stereocenters. The number of amides is 2. The number of hydrogen-bond acceptors (Lipinski definition) is 4. The maximum atomic E-state index is 12.6. The average Bonchev–Trinajstić information content (AvgIpc) is 3.39. The lowest BCUT2D eigenvalue weighted by Gasteiger charge is -2.29. The van der Waals surface area contributed by atoms with Crippen LogP contribution >= 0.6 is 0 Å². The molecule has 1 aromatic rings. The van der Waals surface area contributed by atoms with Gasteiger partial charge in [-0.05, 0) is 43.5 Å². The van der Waals surface area contributed by atoms with Gasteiger partial charge in [0.1, 0.15) is 0 Å². The Bertz CT molecular complexity index is 680. The number of carbonyl (C=O) groups is 2. The lowest BCUT2D eigenvalue weighted by molar-refractivity contribution is -0.128. The lowest BCUT2D eigenvalue weighted by Crippen LogP contribution is -2.36. The number of likely N-dealkylation sites (tertiary alicyclic amines) is 1. The topological polar surface area (TPSA) is 61.9 Å². The van der Waals surface area contributed by atoms with E-state index in [2.05, 4.69) is 16.3 Å². The van der Waals surface area contributed by atoms with Crippen molar-refractivity contribution in [3.8, 4) is 0 Å². The number of ether oxygens (including phenoxy) is 1. The molecule has 6 nitrogen and oxygen atoms in total. The highest BCUT2D eigenvalue weighted by atomic mass is 16.5. The fourth-order valence-electron chi connectivity index (χ4n) is 3.69. The normalized spacial score (nSPS) is 23.9. The SMILES string of the molecule is Cc1cc(N2CCOCC2)ccc1NC(=O)[C@@H]1CC(=O)N(C2CC2)C1. The average molecular weight is 343 g/mol. The molecule has 1 aliphatic carbocycles. The zero-order valence-electron chi connectivity index (χ0n) is 14.7. The highest BCUT2D eigenvalue weighted by Gasteiger charge is 2.41. The number of carbonyl (C=O) groups excluding carboxylic acids is 2. The summed E-state index contributed by atoms with van der Waals surface area (Å²) in [5.41, 5.74) is 3.04. The molecule has 6 heteroatoms. The molecule has 2 heterocycles. The van der Waals surface area contributed by atoms with E-state index in [9.17, 15) is 9.59 Å². The van der Waals surface area contributed by atoms with E-state index in [1.807, 2.05) is 24.0 Å². The molecule has 2 saturated heterocycles. The Balaban J connectivity index is 1.40. The molecule has 1 aromatic carbocycles. The number of nitrogens with one attached hydrogen (secondary N) is 1. The molecule has 0 radical (unpaired) electrons. The summed E-state index contributed by atoms with van der Waals surface area (Å²) in [6.07, 6.45) is 2.51. The largest absolute Gasteiger partial charge is 0.378 e. The molecule has 134 valence electrons. The van der Waals surface area contributed by atoms with Gasteiger partial charge in [-0.25, -0.2) is 0 Å². The molecule has 2 amide bonds. The van der Waals surface area contributed by atoms with Crippen LogP contribution in [-0.4, -0.2) is 55.6 Å². The van der Waals surface area contributed by atoms with Gasteiger partial charge in [0, 0.05) is 43.5 Å². The fourth-order valence-corrected chi connectivity index (χ4v) is 3.69. The van der Waals surface area contributed by atoms with Crippen LogP contribution in [-0.2, 0) is 14.3 Å². The van der Waals surface area contributed by atoms with E-state index in [0.29, 0.717) is 19.0 Å². The van der Waals surface area contributed by atoms with Gasteiger partial charge in [0.15, 0.2) is 0 Å². The van der Waals surface area contributed by atoms with Gasteiger partial charge in [-0.3, -0.25) is 9.59 Å². The smallest absolute Gasteiger partial charge is 0.229 e. The van der Waals surface area contributed by atoms with E-state index in [-0.39, 0.29) is 17.7 Å². The molecule has 1 N–H and O–H groups in total. The predicted octanol–water partition coefficient (Wildman–Crippen LogP) is 1.78. The number of morpholine rings is 1. The van der Waals surface area contributed by atoms with Gasteiger partial charge in [0.05, 0.1) is 19.1 Å². The molecule has 0 aromatic heterocycles. The summed E-state index contributed by atoms with van der Waals surface area (Å²) in [6.45, 7) is 5.88. The summed E-state index contributed by atoms with van der Waals surface area (Å²) in [4.78, 5) is 28.8. The van der Waals surface area contributed by atoms with Crippen LogP contribution in [0, 0.1) is 12.8 Å². The first kappa shape index (κ1) is 16.4. The van der Waals surface area contributed by atoms with E-state index in [1.54, 1.807) is 0 Å². The molecular weight excluding hydrogens is 318 g/mol. The number of benzene rings is 1. The van der Waals surface area contributed by atoms with Crippen LogP contribution in [0.3, 0.4) is 0 Å². The van der Waals surface area contributed by atoms with Crippen molar-refractivity contribution in [2.45, 2.75) is 32.2 Å². The Morgan fingerprint density at radius 2 is 2.00 bits per heavy atom. The van der Waals surface area contributed by atoms with E-state index in [1.165, 1.54) is 0 Å². The van der Waals surface area contributed by atoms with Crippen molar-refractivity contribution in [2.75, 3.05) is 43.1 Å². The monoisotopic (exact) mass is 343 g/mol. The predicted molar refractivity (Wildman–Crippen MR) is 95.7 cm³/mol. The van der Waals surface area contributed by atoms with Crippen molar-refractivity contribution >= 4 is 23.2 Å². The van der Waals surface area contributed by atoms with E-state index in [4.69, 9.17) is 4.74 Å². The van der Waals surface area contributed by atoms with Gasteiger partial charge < -0.3 is 19.9 Å². The molecule has 3 aliphatic rings. The van der Waals surface area contributed by atoms with Crippen LogP contribution in [0.4, 0.5) is 11.4 Å². The van der Waals surface area contributed by atoms with Gasteiger partial charge in [-0.15, -0.1) is 0 Å². The third-order valence-corrected chi connectivity index (χ3v) is 5.36. The van der Waals surface area contributed by atoms with E-state index >= 15 is 0 Å². The van der Waals surface area contributed by atoms with Crippen molar-refractivity contribution in [3.05, 3.63) is 23.8 Å². The summed E-state index contributed by atoms with van der Waals surface area (Å²) in [7, 11) is 0. The lowest BCUT2D eigenvalue weighted by atomic mass is 10.1. The summed E-state index contributed by atoms with van der Waals surface area (Å²) in [6, 6.07) is 6.51. The molecule has 0 bridgehead atoms. The van der Waals surface area contributed by atoms with Crippen LogP contribution in [0.5, 0.6) is 0 Å². The fraction of sp³-hybridized carbons (Fsp3) is 0.579. The second kappa shape index (κ2) is 6.67. The van der Waals surface area contributed by atoms with E-state index < -0.39 is 0 Å². The van der Waals surface area contributed by atoms with Crippen molar-refractivity contribution in [1.82, 2.24) is 4.90 Å². The van der Waals surface area contributed by atoms with Gasteiger partial charge in [0.2, 0.25) is 11.8 Å². The Morgan fingerprint density at radius 3 is 2.68 bits per heavy atom. The first-order chi connectivity index (χ1) is 12.1. The van der Waals surface area contributed by atoms with Crippen molar-refractivity contribution in [3.63, 3.8) is 0 Å². The molecule has 1 atom stereocenters. The van der Waals surface area contributed by atoms with Crippen LogP contribution < -0.4 is 10.2 Å². The molecule has 2 aliphatic heterocycles. The van der Waals surface area contributed by atoms with Crippen LogP contribution in [0.25, 0.3) is 0 Å². The molecular formula is C19H25N3O3. The maximum absolute atomic E-state index is 12.6. The summed E-state index contributed by atoms with van der Waals surface area (Å²) < 4.78 is 5.39. The van der Waals surface area contributed by atoms with Gasteiger partial charge in [0.25, 0.3) is 0 Å². The highest BCUT2D eigenvalue weighted by Crippen LogP contribution is 2.33. The minimum Gasteiger partial charge on any atom is -0.378 e. The molecule has 0 spiro atoms. The van der Waals surface area contributed by atoms with Gasteiger partial charge in [-0.2, -0.15) is 0 Å². The second-order valence-corrected chi connectivity index (χ2v) is 7.27. The van der Waals surface area contributed by atoms with Crippen LogP contribution in [0.2, 0.25) is 0 Å². The van der Waals surface area contributed by atoms with Gasteiger partial charge in [-0.1, -0.05) is 0 Å². The third kappa shape index (κ3) is 3.49. The highest BCUT2D eigenvalue weighted by molar-refractivity contribution is 5.98. The maximum Gasteiger partial charge on any atom is 0.229 e. The van der Waals surface area contributed by atoms with Crippen LogP contribution in [0.1, 0.15) is 24.8 Å². The molecule has 25 heavy (non-hydrogen) atoms. The summed E-state index contributed by atoms with van der Waals surface area (Å²) in [5.74, 6) is -0.146. The molecule has 3 fully saturated rings. The van der Waals surface area contributed by atoms with Gasteiger partial charge >= 0.3 is 0 Å². The van der Waals surface area contributed by atoms with E-state index in [0.717, 1.165) is 56.1 Å². The standard InChI is InChI=1S/C19H25N3O3/c1-13-10-16(21-6-8-25-9-7-21)4-5-17(13)20-19(24)14-11-18(23)22(12-14)15-2-3-15/h4-5,10,14-15H,2-3,6-9,11-12H2,1H3,(H,20,24)/t14-/m1/s1. The first-order valence-corrected chi connectivity index (χ1v) is 9.15. The minimum absolute atomic E-state index is 0.0428. The molecule has 4 rings (SSSR count). The zero-order valence-corrected chi connectivity index (χ0v) is 14.7. The molecule has 1 saturated carbocycles. The van der Waals surface area contributed by atoms with Crippen molar-refractivity contribution in [1.29, 1.82) is 0 Å². The Labute approximate surface area is 148 Å². The first-order valence-electron chi connectivity index (χ1n) is 9.15. The van der Waals surface area contributed by atoms with Crippen molar-refractivity contribution < 1.29 is 14.3 Å². The Morgan fingerprint density at radius 1 is 1.24 bits per heavy atom. The summed E-state index contributed by atoms with van der Waals surface area (Å²) in [5, 5.41) is 3.02. The zero-order chi connectivity index (χ0) is 17.4. The number of rotatable bonds is 4.